The van der Waals surface area contributed by atoms with Crippen molar-refractivity contribution in [3.8, 4) is 0 Å². The van der Waals surface area contributed by atoms with Crippen molar-refractivity contribution in [2.75, 3.05) is 12.3 Å². The summed E-state index contributed by atoms with van der Waals surface area (Å²) in [6.07, 6.45) is 0. The minimum absolute atomic E-state index is 0.0385. The number of aryl methyl sites for hydroxylation is 1. The van der Waals surface area contributed by atoms with Crippen LogP contribution in [0.4, 0.5) is 0 Å². The van der Waals surface area contributed by atoms with Gasteiger partial charge in [0.1, 0.15) is 0 Å². The van der Waals surface area contributed by atoms with E-state index >= 15 is 0 Å². The maximum atomic E-state index is 10.7. The Bertz CT molecular complexity index is 426. The van der Waals surface area contributed by atoms with Crippen LogP contribution < -0.4 is 10.5 Å². The molecule has 0 heterocycles. The van der Waals surface area contributed by atoms with Crippen LogP contribution in [0.5, 0.6) is 0 Å². The van der Waals surface area contributed by atoms with Gasteiger partial charge < -0.3 is 5.32 Å². The summed E-state index contributed by atoms with van der Waals surface area (Å²) in [5.74, 6) is -0.0385. The number of nitrogens with one attached hydrogen (secondary N) is 1. The van der Waals surface area contributed by atoms with E-state index in [2.05, 4.69) is 5.32 Å². The highest BCUT2D eigenvalue weighted by Crippen LogP contribution is 2.12. The molecule has 4 nitrogen and oxygen atoms in total. The van der Waals surface area contributed by atoms with Gasteiger partial charge in [0.25, 0.3) is 0 Å². The number of rotatable bonds is 5. The maximum absolute atomic E-state index is 10.7. The topological polar surface area (TPSA) is 72.2 Å². The van der Waals surface area contributed by atoms with Gasteiger partial charge in [0.15, 0.2) is 0 Å². The molecular weight excluding hydrogens is 224 g/mol. The fourth-order valence-corrected chi connectivity index (χ4v) is 1.79. The molecular formula is C11H18N2O2S. The highest BCUT2D eigenvalue weighted by molar-refractivity contribution is 7.89. The molecule has 1 rings (SSSR count). The van der Waals surface area contributed by atoms with Crippen LogP contribution in [-0.4, -0.2) is 20.7 Å². The molecule has 1 aromatic rings. The van der Waals surface area contributed by atoms with Crippen LogP contribution in [0.25, 0.3) is 0 Å². The van der Waals surface area contributed by atoms with E-state index in [4.69, 9.17) is 5.14 Å². The molecule has 0 saturated carbocycles. The highest BCUT2D eigenvalue weighted by Gasteiger charge is 2.06. The summed E-state index contributed by atoms with van der Waals surface area (Å²) in [7, 11) is -3.37. The van der Waals surface area contributed by atoms with E-state index in [1.807, 2.05) is 38.1 Å². The fraction of sp³-hybridized carbons (Fsp3) is 0.455. The smallest absolute Gasteiger partial charge is 0.210 e. The molecule has 0 aromatic heterocycles. The number of hydrogen-bond donors (Lipinski definition) is 2. The molecule has 1 atom stereocenters. The van der Waals surface area contributed by atoms with Crippen molar-refractivity contribution < 1.29 is 8.42 Å². The van der Waals surface area contributed by atoms with Crippen LogP contribution >= 0.6 is 0 Å². The molecule has 1 aromatic carbocycles. The maximum Gasteiger partial charge on any atom is 0.210 e. The molecule has 0 aliphatic rings. The van der Waals surface area contributed by atoms with Crippen LogP contribution in [0.1, 0.15) is 24.1 Å². The second-order valence-corrected chi connectivity index (χ2v) is 5.69. The van der Waals surface area contributed by atoms with Crippen molar-refractivity contribution in [2.45, 2.75) is 19.9 Å². The zero-order valence-corrected chi connectivity index (χ0v) is 10.4. The lowest BCUT2D eigenvalue weighted by molar-refractivity contribution is 0.573. The minimum Gasteiger partial charge on any atom is -0.309 e. The molecule has 0 bridgehead atoms. The van der Waals surface area contributed by atoms with E-state index in [1.165, 1.54) is 5.56 Å². The number of sulfonamides is 1. The summed E-state index contributed by atoms with van der Waals surface area (Å²) < 4.78 is 21.5. The third kappa shape index (κ3) is 4.74. The second-order valence-electron chi connectivity index (χ2n) is 3.95. The van der Waals surface area contributed by atoms with Crippen molar-refractivity contribution >= 4 is 10.0 Å². The Hall–Kier alpha value is -0.910. The molecule has 0 radical (unpaired) electrons. The van der Waals surface area contributed by atoms with Gasteiger partial charge in [0, 0.05) is 12.6 Å². The number of hydrogen-bond acceptors (Lipinski definition) is 3. The van der Waals surface area contributed by atoms with Crippen LogP contribution in [0.3, 0.4) is 0 Å². The lowest BCUT2D eigenvalue weighted by Crippen LogP contribution is -2.28. The fourth-order valence-electron chi connectivity index (χ4n) is 1.39. The van der Waals surface area contributed by atoms with Crippen LogP contribution in [-0.2, 0) is 10.0 Å². The molecule has 16 heavy (non-hydrogen) atoms. The molecule has 0 aliphatic heterocycles. The molecule has 90 valence electrons. The standard InChI is InChI=1S/C11H18N2O2S/c1-9-3-5-11(6-4-9)10(2)13-7-8-16(12,14)15/h3-6,10,13H,7-8H2,1-2H3,(H2,12,14,15)/t10-/m0/s1. The zero-order valence-electron chi connectivity index (χ0n) is 9.60. The summed E-state index contributed by atoms with van der Waals surface area (Å²) >= 11 is 0. The lowest BCUT2D eigenvalue weighted by atomic mass is 10.1. The number of benzene rings is 1. The summed E-state index contributed by atoms with van der Waals surface area (Å²) in [5.41, 5.74) is 2.35. The largest absolute Gasteiger partial charge is 0.309 e. The lowest BCUT2D eigenvalue weighted by Gasteiger charge is -2.13. The van der Waals surface area contributed by atoms with Gasteiger partial charge in [-0.3, -0.25) is 0 Å². The molecule has 0 amide bonds. The first kappa shape index (κ1) is 13.2. The van der Waals surface area contributed by atoms with E-state index in [-0.39, 0.29) is 11.8 Å². The minimum atomic E-state index is -3.37. The van der Waals surface area contributed by atoms with E-state index in [0.717, 1.165) is 5.56 Å². The first-order valence-electron chi connectivity index (χ1n) is 5.19. The van der Waals surface area contributed by atoms with Crippen molar-refractivity contribution in [1.82, 2.24) is 5.32 Å². The number of nitrogens with two attached hydrogens (primary N) is 1. The Morgan fingerprint density at radius 1 is 1.31 bits per heavy atom. The molecule has 0 aliphatic carbocycles. The quantitative estimate of drug-likeness (QED) is 0.807. The van der Waals surface area contributed by atoms with Gasteiger partial charge in [0.05, 0.1) is 5.75 Å². The van der Waals surface area contributed by atoms with E-state index in [0.29, 0.717) is 6.54 Å². The van der Waals surface area contributed by atoms with Gasteiger partial charge in [-0.2, -0.15) is 0 Å². The Morgan fingerprint density at radius 3 is 2.38 bits per heavy atom. The number of primary sulfonamides is 1. The Morgan fingerprint density at radius 2 is 1.88 bits per heavy atom. The molecule has 0 fully saturated rings. The Kier molecular flexibility index (Phi) is 4.46. The van der Waals surface area contributed by atoms with Crippen molar-refractivity contribution in [2.24, 2.45) is 5.14 Å². The SMILES string of the molecule is Cc1ccc([C@H](C)NCCS(N)(=O)=O)cc1. The third-order valence-corrected chi connectivity index (χ3v) is 3.19. The zero-order chi connectivity index (χ0) is 12.2. The average molecular weight is 242 g/mol. The van der Waals surface area contributed by atoms with Gasteiger partial charge in [-0.1, -0.05) is 29.8 Å². The first-order chi connectivity index (χ1) is 7.38. The van der Waals surface area contributed by atoms with Gasteiger partial charge in [-0.15, -0.1) is 0 Å². The average Bonchev–Trinajstić information content (AvgIpc) is 2.16. The molecule has 0 spiro atoms. The van der Waals surface area contributed by atoms with Gasteiger partial charge in [-0.05, 0) is 19.4 Å². The second kappa shape index (κ2) is 5.43. The summed E-state index contributed by atoms with van der Waals surface area (Å²) in [6.45, 7) is 4.39. The van der Waals surface area contributed by atoms with Gasteiger partial charge in [0.2, 0.25) is 10.0 Å². The van der Waals surface area contributed by atoms with E-state index in [1.54, 1.807) is 0 Å². The summed E-state index contributed by atoms with van der Waals surface area (Å²) in [5, 5.41) is 8.03. The Balaban J connectivity index is 2.47. The van der Waals surface area contributed by atoms with Crippen molar-refractivity contribution in [3.05, 3.63) is 35.4 Å². The predicted octanol–water partition coefficient (Wildman–Crippen LogP) is 0.934. The highest BCUT2D eigenvalue weighted by atomic mass is 32.2. The van der Waals surface area contributed by atoms with E-state index in [9.17, 15) is 8.42 Å². The third-order valence-electron chi connectivity index (χ3n) is 2.41. The van der Waals surface area contributed by atoms with Gasteiger partial charge >= 0.3 is 0 Å². The summed E-state index contributed by atoms with van der Waals surface area (Å²) in [4.78, 5) is 0. The molecule has 0 saturated heterocycles. The Labute approximate surface area is 96.9 Å². The summed E-state index contributed by atoms with van der Waals surface area (Å²) in [6, 6.07) is 8.26. The molecule has 0 unspecified atom stereocenters. The van der Waals surface area contributed by atoms with E-state index < -0.39 is 10.0 Å². The van der Waals surface area contributed by atoms with Crippen LogP contribution in [0.2, 0.25) is 0 Å². The molecule has 3 N–H and O–H groups in total. The van der Waals surface area contributed by atoms with Gasteiger partial charge in [-0.25, -0.2) is 13.6 Å². The predicted molar refractivity (Wildman–Crippen MR) is 65.6 cm³/mol. The van der Waals surface area contributed by atoms with Crippen molar-refractivity contribution in [1.29, 1.82) is 0 Å². The monoisotopic (exact) mass is 242 g/mol. The molecule has 5 heteroatoms. The van der Waals surface area contributed by atoms with Crippen LogP contribution in [0.15, 0.2) is 24.3 Å². The van der Waals surface area contributed by atoms with Crippen LogP contribution in [0, 0.1) is 6.92 Å². The van der Waals surface area contributed by atoms with Crippen molar-refractivity contribution in [3.63, 3.8) is 0 Å². The first-order valence-corrected chi connectivity index (χ1v) is 6.90. The normalized spacial score (nSPS) is 13.7.